The van der Waals surface area contributed by atoms with Crippen molar-refractivity contribution in [2.45, 2.75) is 13.3 Å². The van der Waals surface area contributed by atoms with Crippen LogP contribution in [0, 0.1) is 11.3 Å². The first-order valence-electron chi connectivity index (χ1n) is 6.79. The van der Waals surface area contributed by atoms with Crippen LogP contribution in [0.1, 0.15) is 23.6 Å². The van der Waals surface area contributed by atoms with Crippen molar-refractivity contribution in [3.63, 3.8) is 0 Å². The van der Waals surface area contributed by atoms with Crippen LogP contribution < -0.4 is 5.32 Å². The molecule has 0 fully saturated rings. The number of hydrogen-bond donors (Lipinski definition) is 1. The predicted octanol–water partition coefficient (Wildman–Crippen LogP) is 3.77. The Morgan fingerprint density at radius 3 is 2.67 bits per heavy atom. The van der Waals surface area contributed by atoms with E-state index < -0.39 is 0 Å². The Kier molecular flexibility index (Phi) is 4.89. The van der Waals surface area contributed by atoms with Crippen LogP contribution in [0.15, 0.2) is 54.6 Å². The predicted molar refractivity (Wildman–Crippen MR) is 84.6 cm³/mol. The topological polar surface area (TPSA) is 52.9 Å². The molecule has 0 heterocycles. The molecule has 0 atom stereocenters. The molecular weight excluding hydrogens is 260 g/mol. The standard InChI is InChI=1S/C18H16N2O/c1-2-14-6-8-15(9-7-14)10-11-18(21)20-17-5-3-4-16(12-17)13-19/h3-12H,2H2,1H3,(H,20,21)/b11-10+. The molecule has 104 valence electrons. The van der Waals surface area contributed by atoms with Crippen molar-refractivity contribution in [2.24, 2.45) is 0 Å². The molecule has 0 aliphatic rings. The molecule has 2 aromatic rings. The van der Waals surface area contributed by atoms with Gasteiger partial charge in [0.15, 0.2) is 0 Å². The quantitative estimate of drug-likeness (QED) is 0.864. The number of aryl methyl sites for hydroxylation is 1. The van der Waals surface area contributed by atoms with Crippen LogP contribution in [0.4, 0.5) is 5.69 Å². The minimum Gasteiger partial charge on any atom is -0.322 e. The molecule has 0 saturated carbocycles. The lowest BCUT2D eigenvalue weighted by Gasteiger charge is -2.02. The highest BCUT2D eigenvalue weighted by Crippen LogP contribution is 2.10. The van der Waals surface area contributed by atoms with Gasteiger partial charge in [-0.25, -0.2) is 0 Å². The van der Waals surface area contributed by atoms with Gasteiger partial charge in [0.1, 0.15) is 0 Å². The van der Waals surface area contributed by atoms with E-state index in [4.69, 9.17) is 5.26 Å². The molecule has 0 radical (unpaired) electrons. The van der Waals surface area contributed by atoms with Gasteiger partial charge in [-0.15, -0.1) is 0 Å². The lowest BCUT2D eigenvalue weighted by molar-refractivity contribution is -0.111. The molecule has 1 N–H and O–H groups in total. The van der Waals surface area contributed by atoms with E-state index in [0.717, 1.165) is 12.0 Å². The number of amides is 1. The summed E-state index contributed by atoms with van der Waals surface area (Å²) in [5, 5.41) is 11.5. The molecule has 0 unspecified atom stereocenters. The summed E-state index contributed by atoms with van der Waals surface area (Å²) in [4.78, 5) is 11.8. The number of hydrogen-bond acceptors (Lipinski definition) is 2. The van der Waals surface area contributed by atoms with Crippen LogP contribution in [0.2, 0.25) is 0 Å². The maximum atomic E-state index is 11.8. The van der Waals surface area contributed by atoms with E-state index in [2.05, 4.69) is 12.2 Å². The number of nitrogens with one attached hydrogen (secondary N) is 1. The molecule has 2 rings (SSSR count). The lowest BCUT2D eigenvalue weighted by Crippen LogP contribution is -2.07. The summed E-state index contributed by atoms with van der Waals surface area (Å²) in [5.74, 6) is -0.218. The van der Waals surface area contributed by atoms with Crippen molar-refractivity contribution in [3.05, 3.63) is 71.3 Å². The van der Waals surface area contributed by atoms with Crippen LogP contribution in [0.3, 0.4) is 0 Å². The van der Waals surface area contributed by atoms with Crippen LogP contribution in [-0.4, -0.2) is 5.91 Å². The minimum absolute atomic E-state index is 0.218. The normalized spacial score (nSPS) is 10.3. The second-order valence-electron chi connectivity index (χ2n) is 4.61. The molecule has 0 bridgehead atoms. The van der Waals surface area contributed by atoms with E-state index in [0.29, 0.717) is 11.3 Å². The average molecular weight is 276 g/mol. The number of carbonyl (C=O) groups is 1. The SMILES string of the molecule is CCc1ccc(/C=C/C(=O)Nc2cccc(C#N)c2)cc1. The fourth-order valence-electron chi connectivity index (χ4n) is 1.89. The van der Waals surface area contributed by atoms with Crippen molar-refractivity contribution in [1.29, 1.82) is 5.26 Å². The van der Waals surface area contributed by atoms with Gasteiger partial charge in [-0.05, 0) is 41.8 Å². The first-order valence-corrected chi connectivity index (χ1v) is 6.79. The highest BCUT2D eigenvalue weighted by Gasteiger charge is 1.99. The van der Waals surface area contributed by atoms with Crippen LogP contribution in [-0.2, 0) is 11.2 Å². The number of benzene rings is 2. The van der Waals surface area contributed by atoms with Crippen molar-refractivity contribution in [2.75, 3.05) is 5.32 Å². The molecule has 0 saturated heterocycles. The van der Waals surface area contributed by atoms with E-state index in [9.17, 15) is 4.79 Å². The van der Waals surface area contributed by atoms with Crippen molar-refractivity contribution < 1.29 is 4.79 Å². The van der Waals surface area contributed by atoms with Crippen molar-refractivity contribution in [3.8, 4) is 6.07 Å². The fourth-order valence-corrected chi connectivity index (χ4v) is 1.89. The highest BCUT2D eigenvalue weighted by atomic mass is 16.1. The zero-order valence-electron chi connectivity index (χ0n) is 11.8. The van der Waals surface area contributed by atoms with Gasteiger partial charge in [0.2, 0.25) is 5.91 Å². The Morgan fingerprint density at radius 2 is 2.00 bits per heavy atom. The zero-order chi connectivity index (χ0) is 15.1. The summed E-state index contributed by atoms with van der Waals surface area (Å²) >= 11 is 0. The second-order valence-corrected chi connectivity index (χ2v) is 4.61. The lowest BCUT2D eigenvalue weighted by atomic mass is 10.1. The molecule has 3 heteroatoms. The number of rotatable bonds is 4. The molecule has 21 heavy (non-hydrogen) atoms. The molecule has 1 amide bonds. The summed E-state index contributed by atoms with van der Waals surface area (Å²) in [5.41, 5.74) is 3.38. The Bertz CT molecular complexity index is 694. The third kappa shape index (κ3) is 4.32. The zero-order valence-corrected chi connectivity index (χ0v) is 11.8. The van der Waals surface area contributed by atoms with E-state index >= 15 is 0 Å². The summed E-state index contributed by atoms with van der Waals surface area (Å²) < 4.78 is 0. The first kappa shape index (κ1) is 14.5. The number of nitrogens with zero attached hydrogens (tertiary/aromatic N) is 1. The van der Waals surface area contributed by atoms with Gasteiger partial charge in [0, 0.05) is 11.8 Å². The molecular formula is C18H16N2O. The molecule has 3 nitrogen and oxygen atoms in total. The Labute approximate surface area is 124 Å². The van der Waals surface area contributed by atoms with Gasteiger partial charge in [0.25, 0.3) is 0 Å². The number of carbonyl (C=O) groups excluding carboxylic acids is 1. The van der Waals surface area contributed by atoms with Crippen LogP contribution in [0.25, 0.3) is 6.08 Å². The summed E-state index contributed by atoms with van der Waals surface area (Å²) in [6.07, 6.45) is 4.25. The Hall–Kier alpha value is -2.86. The molecule has 0 aliphatic carbocycles. The first-order chi connectivity index (χ1) is 10.2. The fraction of sp³-hybridized carbons (Fsp3) is 0.111. The molecule has 0 spiro atoms. The van der Waals surface area contributed by atoms with Gasteiger partial charge >= 0.3 is 0 Å². The number of anilines is 1. The van der Waals surface area contributed by atoms with Gasteiger partial charge in [0.05, 0.1) is 11.6 Å². The van der Waals surface area contributed by atoms with E-state index in [-0.39, 0.29) is 5.91 Å². The van der Waals surface area contributed by atoms with Gasteiger partial charge in [-0.1, -0.05) is 37.3 Å². The third-order valence-corrected chi connectivity index (χ3v) is 3.07. The van der Waals surface area contributed by atoms with Gasteiger partial charge in [-0.2, -0.15) is 5.26 Å². The van der Waals surface area contributed by atoms with Crippen LogP contribution >= 0.6 is 0 Å². The van der Waals surface area contributed by atoms with E-state index in [1.54, 1.807) is 30.3 Å². The maximum absolute atomic E-state index is 11.8. The molecule has 0 aliphatic heterocycles. The van der Waals surface area contributed by atoms with Crippen LogP contribution in [0.5, 0.6) is 0 Å². The monoisotopic (exact) mass is 276 g/mol. The van der Waals surface area contributed by atoms with Gasteiger partial charge < -0.3 is 5.32 Å². The average Bonchev–Trinajstić information content (AvgIpc) is 2.53. The largest absolute Gasteiger partial charge is 0.322 e. The highest BCUT2D eigenvalue weighted by molar-refractivity contribution is 6.02. The van der Waals surface area contributed by atoms with E-state index in [1.165, 1.54) is 11.6 Å². The third-order valence-electron chi connectivity index (χ3n) is 3.07. The Morgan fingerprint density at radius 1 is 1.24 bits per heavy atom. The van der Waals surface area contributed by atoms with Gasteiger partial charge in [-0.3, -0.25) is 4.79 Å². The molecule has 0 aromatic heterocycles. The Balaban J connectivity index is 2.00. The van der Waals surface area contributed by atoms with E-state index in [1.807, 2.05) is 30.3 Å². The number of nitriles is 1. The smallest absolute Gasteiger partial charge is 0.248 e. The minimum atomic E-state index is -0.218. The summed E-state index contributed by atoms with van der Waals surface area (Å²) in [7, 11) is 0. The summed E-state index contributed by atoms with van der Waals surface area (Å²) in [6, 6.07) is 16.9. The maximum Gasteiger partial charge on any atom is 0.248 e. The second kappa shape index (κ2) is 7.06. The van der Waals surface area contributed by atoms with Crippen molar-refractivity contribution >= 4 is 17.7 Å². The van der Waals surface area contributed by atoms with Crippen molar-refractivity contribution in [1.82, 2.24) is 0 Å². The molecule has 2 aromatic carbocycles. The summed E-state index contributed by atoms with van der Waals surface area (Å²) in [6.45, 7) is 2.10.